The molecule has 5 nitrogen and oxygen atoms in total. The van der Waals surface area contributed by atoms with Crippen molar-refractivity contribution in [3.8, 4) is 0 Å². The molecular formula is C16H24ClN3O2. The minimum absolute atomic E-state index is 0.170. The highest BCUT2D eigenvalue weighted by Gasteiger charge is 2.27. The largest absolute Gasteiger partial charge is 0.393 e. The first-order chi connectivity index (χ1) is 10.4. The maximum absolute atomic E-state index is 12.4. The van der Waals surface area contributed by atoms with Crippen LogP contribution in [0.25, 0.3) is 0 Å². The van der Waals surface area contributed by atoms with Crippen LogP contribution in [0.5, 0.6) is 0 Å². The van der Waals surface area contributed by atoms with Crippen LogP contribution in [0.3, 0.4) is 0 Å². The maximum Gasteiger partial charge on any atom is 0.321 e. The van der Waals surface area contributed by atoms with E-state index in [1.54, 1.807) is 18.0 Å². The number of para-hydroxylation sites is 1. The number of carbonyl (C=O) groups is 1. The van der Waals surface area contributed by atoms with Crippen molar-refractivity contribution in [1.82, 2.24) is 4.90 Å². The number of nitrogens with zero attached hydrogens (tertiary/aromatic N) is 2. The lowest BCUT2D eigenvalue weighted by Gasteiger charge is -2.25. The predicted molar refractivity (Wildman–Crippen MR) is 90.8 cm³/mol. The number of aliphatic hydroxyl groups is 1. The van der Waals surface area contributed by atoms with Crippen LogP contribution in [-0.2, 0) is 0 Å². The Labute approximate surface area is 136 Å². The van der Waals surface area contributed by atoms with Gasteiger partial charge in [-0.05, 0) is 25.0 Å². The van der Waals surface area contributed by atoms with E-state index in [1.807, 2.05) is 31.1 Å². The van der Waals surface area contributed by atoms with Gasteiger partial charge < -0.3 is 20.2 Å². The smallest absolute Gasteiger partial charge is 0.321 e. The van der Waals surface area contributed by atoms with E-state index in [2.05, 4.69) is 5.32 Å². The van der Waals surface area contributed by atoms with E-state index in [0.717, 1.165) is 24.9 Å². The molecule has 2 N–H and O–H groups in total. The highest BCUT2D eigenvalue weighted by molar-refractivity contribution is 6.34. The molecule has 0 spiro atoms. The molecule has 2 unspecified atom stereocenters. The molecule has 1 aromatic rings. The van der Waals surface area contributed by atoms with Crippen molar-refractivity contribution in [3.05, 3.63) is 23.2 Å². The lowest BCUT2D eigenvalue weighted by Crippen LogP contribution is -2.37. The average Bonchev–Trinajstić information content (AvgIpc) is 2.83. The van der Waals surface area contributed by atoms with E-state index in [-0.39, 0.29) is 18.1 Å². The number of hydrogen-bond acceptors (Lipinski definition) is 3. The van der Waals surface area contributed by atoms with Gasteiger partial charge in [-0.3, -0.25) is 0 Å². The van der Waals surface area contributed by atoms with Gasteiger partial charge in [-0.15, -0.1) is 0 Å². The van der Waals surface area contributed by atoms with E-state index in [9.17, 15) is 9.90 Å². The van der Waals surface area contributed by atoms with Gasteiger partial charge in [0.15, 0.2) is 0 Å². The standard InChI is InChI=1S/C16H24ClN3O2/c1-19(2)15-12(17)7-5-8-13(15)18-16(22)20(3)10-11-6-4-9-14(11)21/h5,7-8,11,14,21H,4,6,9-10H2,1-3H3,(H,18,22). The Kier molecular flexibility index (Phi) is 5.53. The molecule has 22 heavy (non-hydrogen) atoms. The summed E-state index contributed by atoms with van der Waals surface area (Å²) in [5.74, 6) is 0.170. The van der Waals surface area contributed by atoms with Crippen molar-refractivity contribution >= 4 is 29.0 Å². The number of anilines is 2. The Hall–Kier alpha value is -1.46. The SMILES string of the molecule is CN(CC1CCCC1O)C(=O)Nc1cccc(Cl)c1N(C)C. The number of urea groups is 1. The zero-order valence-corrected chi connectivity index (χ0v) is 14.1. The van der Waals surface area contributed by atoms with E-state index in [4.69, 9.17) is 11.6 Å². The molecule has 2 atom stereocenters. The van der Waals surface area contributed by atoms with E-state index >= 15 is 0 Å². The summed E-state index contributed by atoms with van der Waals surface area (Å²) in [5, 5.41) is 13.4. The number of nitrogens with one attached hydrogen (secondary N) is 1. The third kappa shape index (κ3) is 3.84. The van der Waals surface area contributed by atoms with E-state index < -0.39 is 0 Å². The molecule has 2 amide bonds. The first-order valence-corrected chi connectivity index (χ1v) is 7.94. The fraction of sp³-hybridized carbons (Fsp3) is 0.562. The molecule has 0 heterocycles. The molecule has 1 fully saturated rings. The zero-order chi connectivity index (χ0) is 16.3. The molecule has 6 heteroatoms. The third-order valence-corrected chi connectivity index (χ3v) is 4.45. The average molecular weight is 326 g/mol. The molecule has 2 rings (SSSR count). The van der Waals surface area contributed by atoms with Crippen LogP contribution in [0.15, 0.2) is 18.2 Å². The Bertz CT molecular complexity index is 536. The molecule has 0 aromatic heterocycles. The van der Waals surface area contributed by atoms with Gasteiger partial charge in [0.05, 0.1) is 22.5 Å². The summed E-state index contributed by atoms with van der Waals surface area (Å²) in [6.07, 6.45) is 2.54. The first-order valence-electron chi connectivity index (χ1n) is 7.56. The van der Waals surface area contributed by atoms with Crippen molar-refractivity contribution in [3.63, 3.8) is 0 Å². The van der Waals surface area contributed by atoms with Crippen LogP contribution in [0.2, 0.25) is 5.02 Å². The van der Waals surface area contributed by atoms with Crippen LogP contribution in [-0.4, -0.2) is 49.8 Å². The quantitative estimate of drug-likeness (QED) is 0.894. The van der Waals surface area contributed by atoms with Gasteiger partial charge >= 0.3 is 6.03 Å². The summed E-state index contributed by atoms with van der Waals surface area (Å²) in [4.78, 5) is 15.9. The fourth-order valence-electron chi connectivity index (χ4n) is 2.95. The van der Waals surface area contributed by atoms with Crippen LogP contribution < -0.4 is 10.2 Å². The molecule has 0 aliphatic heterocycles. The topological polar surface area (TPSA) is 55.8 Å². The van der Waals surface area contributed by atoms with Gasteiger partial charge in [0, 0.05) is 33.6 Å². The molecule has 1 aliphatic rings. The molecule has 1 saturated carbocycles. The molecule has 1 aromatic carbocycles. The van der Waals surface area contributed by atoms with Gasteiger partial charge in [0.2, 0.25) is 0 Å². The second kappa shape index (κ2) is 7.20. The molecule has 0 bridgehead atoms. The molecule has 0 radical (unpaired) electrons. The fourth-order valence-corrected chi connectivity index (χ4v) is 3.29. The maximum atomic E-state index is 12.4. The summed E-state index contributed by atoms with van der Waals surface area (Å²) >= 11 is 6.20. The minimum Gasteiger partial charge on any atom is -0.393 e. The Balaban J connectivity index is 2.04. The summed E-state index contributed by atoms with van der Waals surface area (Å²) < 4.78 is 0. The van der Waals surface area contributed by atoms with E-state index in [1.165, 1.54) is 0 Å². The molecule has 1 aliphatic carbocycles. The van der Waals surface area contributed by atoms with Gasteiger partial charge in [-0.1, -0.05) is 24.1 Å². The predicted octanol–water partition coefficient (Wildman–Crippen LogP) is 3.03. The number of carbonyl (C=O) groups excluding carboxylic acids is 1. The Morgan fingerprint density at radius 3 is 2.68 bits per heavy atom. The van der Waals surface area contributed by atoms with Crippen molar-refractivity contribution in [2.75, 3.05) is 37.9 Å². The van der Waals surface area contributed by atoms with Gasteiger partial charge in [-0.2, -0.15) is 0 Å². The second-order valence-corrected chi connectivity index (χ2v) is 6.51. The first kappa shape index (κ1) is 16.9. The summed E-state index contributed by atoms with van der Waals surface area (Å²) in [6, 6.07) is 5.25. The van der Waals surface area contributed by atoms with Crippen molar-refractivity contribution in [1.29, 1.82) is 0 Å². The highest BCUT2D eigenvalue weighted by atomic mass is 35.5. The lowest BCUT2D eigenvalue weighted by atomic mass is 10.1. The van der Waals surface area contributed by atoms with Crippen LogP contribution in [0.4, 0.5) is 16.2 Å². The van der Waals surface area contributed by atoms with Gasteiger partial charge in [-0.25, -0.2) is 4.79 Å². The number of rotatable bonds is 4. The van der Waals surface area contributed by atoms with Crippen LogP contribution in [0.1, 0.15) is 19.3 Å². The highest BCUT2D eigenvalue weighted by Crippen LogP contribution is 2.32. The summed E-state index contributed by atoms with van der Waals surface area (Å²) in [7, 11) is 5.52. The number of halogens is 1. The second-order valence-electron chi connectivity index (χ2n) is 6.10. The third-order valence-electron chi connectivity index (χ3n) is 4.15. The van der Waals surface area contributed by atoms with Crippen LogP contribution >= 0.6 is 11.6 Å². The Morgan fingerprint density at radius 1 is 1.36 bits per heavy atom. The van der Waals surface area contributed by atoms with Crippen LogP contribution in [0, 0.1) is 5.92 Å². The summed E-state index contributed by atoms with van der Waals surface area (Å²) in [5.41, 5.74) is 1.47. The number of hydrogen-bond donors (Lipinski definition) is 2. The number of aliphatic hydroxyl groups excluding tert-OH is 1. The lowest BCUT2D eigenvalue weighted by molar-refractivity contribution is 0.116. The molecule has 122 valence electrons. The molecule has 0 saturated heterocycles. The minimum atomic E-state index is -0.293. The van der Waals surface area contributed by atoms with Gasteiger partial charge in [0.1, 0.15) is 0 Å². The Morgan fingerprint density at radius 2 is 2.09 bits per heavy atom. The number of benzene rings is 1. The normalized spacial score (nSPS) is 20.8. The van der Waals surface area contributed by atoms with Gasteiger partial charge in [0.25, 0.3) is 0 Å². The van der Waals surface area contributed by atoms with Crippen molar-refractivity contribution < 1.29 is 9.90 Å². The summed E-state index contributed by atoms with van der Waals surface area (Å²) in [6.45, 7) is 0.560. The molecular weight excluding hydrogens is 302 g/mol. The van der Waals surface area contributed by atoms with E-state index in [0.29, 0.717) is 17.3 Å². The van der Waals surface area contributed by atoms with Crippen molar-refractivity contribution in [2.45, 2.75) is 25.4 Å². The van der Waals surface area contributed by atoms with Crippen molar-refractivity contribution in [2.24, 2.45) is 5.92 Å². The monoisotopic (exact) mass is 325 g/mol. The number of amides is 2. The zero-order valence-electron chi connectivity index (χ0n) is 13.3.